The average Bonchev–Trinajstić information content (AvgIpc) is 2.42. The number of hydrogen-bond donors (Lipinski definition) is 1. The van der Waals surface area contributed by atoms with Crippen molar-refractivity contribution in [2.75, 3.05) is 25.4 Å². The van der Waals surface area contributed by atoms with Crippen LogP contribution in [0.4, 0.5) is 4.39 Å². The molecule has 0 aromatic heterocycles. The zero-order chi connectivity index (χ0) is 16.2. The van der Waals surface area contributed by atoms with Gasteiger partial charge in [0.15, 0.2) is 9.84 Å². The van der Waals surface area contributed by atoms with Gasteiger partial charge >= 0.3 is 5.97 Å². The second kappa shape index (κ2) is 7.00. The third kappa shape index (κ3) is 4.25. The van der Waals surface area contributed by atoms with Gasteiger partial charge in [0, 0.05) is 6.54 Å². The number of nitrogens with zero attached hydrogens (tertiary/aromatic N) is 1. The number of aryl methyl sites for hydroxylation is 1. The molecule has 0 spiro atoms. The molecule has 0 amide bonds. The minimum absolute atomic E-state index is 0.0105. The number of aromatic carboxylic acids is 1. The fourth-order valence-corrected chi connectivity index (χ4v) is 3.37. The number of carboxylic acid groups (broad SMARTS) is 1. The van der Waals surface area contributed by atoms with Crippen LogP contribution < -0.4 is 0 Å². The largest absolute Gasteiger partial charge is 0.478 e. The Kier molecular flexibility index (Phi) is 5.86. The Morgan fingerprint density at radius 1 is 1.29 bits per heavy atom. The minimum Gasteiger partial charge on any atom is -0.478 e. The van der Waals surface area contributed by atoms with Crippen LogP contribution in [-0.4, -0.2) is 49.8 Å². The Bertz CT molecular complexity index is 624. The summed E-state index contributed by atoms with van der Waals surface area (Å²) >= 11 is 0. The Hall–Kier alpha value is -1.47. The van der Waals surface area contributed by atoms with Crippen LogP contribution in [0.15, 0.2) is 17.0 Å². The van der Waals surface area contributed by atoms with E-state index < -0.39 is 27.2 Å². The van der Waals surface area contributed by atoms with Crippen LogP contribution in [0.5, 0.6) is 0 Å². The first kappa shape index (κ1) is 17.6. The molecule has 0 bridgehead atoms. The molecule has 0 radical (unpaired) electrons. The Morgan fingerprint density at radius 3 is 2.33 bits per heavy atom. The summed E-state index contributed by atoms with van der Waals surface area (Å²) in [6, 6.07) is 2.07. The first-order valence-corrected chi connectivity index (χ1v) is 8.36. The van der Waals surface area contributed by atoms with E-state index in [1.165, 1.54) is 13.0 Å². The van der Waals surface area contributed by atoms with E-state index in [4.69, 9.17) is 5.11 Å². The molecule has 0 aliphatic rings. The predicted octanol–water partition coefficient (Wildman–Crippen LogP) is 1.95. The van der Waals surface area contributed by atoms with E-state index >= 15 is 0 Å². The lowest BCUT2D eigenvalue weighted by Crippen LogP contribution is -2.29. The maximum Gasteiger partial charge on any atom is 0.338 e. The second-order valence-electron chi connectivity index (χ2n) is 4.75. The van der Waals surface area contributed by atoms with Crippen molar-refractivity contribution in [2.45, 2.75) is 25.7 Å². The quantitative estimate of drug-likeness (QED) is 0.778. The van der Waals surface area contributed by atoms with Crippen molar-refractivity contribution >= 4 is 15.8 Å². The molecular formula is C14H20FNO4S. The van der Waals surface area contributed by atoms with E-state index in [1.807, 2.05) is 18.7 Å². The number of carbonyl (C=O) groups is 1. The molecule has 0 aliphatic heterocycles. The highest BCUT2D eigenvalue weighted by Gasteiger charge is 2.21. The van der Waals surface area contributed by atoms with E-state index in [1.54, 1.807) is 0 Å². The SMILES string of the molecule is CCN(CC)CCS(=O)(=O)c1cc(C)c(F)c(C(=O)O)c1. The Labute approximate surface area is 124 Å². The van der Waals surface area contributed by atoms with Gasteiger partial charge in [0.2, 0.25) is 0 Å². The lowest BCUT2D eigenvalue weighted by Gasteiger charge is -2.18. The van der Waals surface area contributed by atoms with Crippen molar-refractivity contribution in [1.29, 1.82) is 0 Å². The zero-order valence-electron chi connectivity index (χ0n) is 12.4. The van der Waals surface area contributed by atoms with Gasteiger partial charge in [-0.2, -0.15) is 0 Å². The lowest BCUT2D eigenvalue weighted by molar-refractivity contribution is 0.0691. The molecule has 5 nitrogen and oxygen atoms in total. The molecule has 118 valence electrons. The summed E-state index contributed by atoms with van der Waals surface area (Å²) < 4.78 is 38.2. The highest BCUT2D eigenvalue weighted by Crippen LogP contribution is 2.20. The van der Waals surface area contributed by atoms with Crippen LogP contribution in [0.3, 0.4) is 0 Å². The average molecular weight is 317 g/mol. The molecule has 0 fully saturated rings. The lowest BCUT2D eigenvalue weighted by atomic mass is 10.1. The standard InChI is InChI=1S/C14H20FNO4S/c1-4-16(5-2)6-7-21(19,20)11-8-10(3)13(15)12(9-11)14(17)18/h8-9H,4-7H2,1-3H3,(H,17,18). The van der Waals surface area contributed by atoms with Crippen LogP contribution in [0, 0.1) is 12.7 Å². The van der Waals surface area contributed by atoms with E-state index in [0.29, 0.717) is 6.54 Å². The van der Waals surface area contributed by atoms with Crippen LogP contribution in [0.1, 0.15) is 29.8 Å². The molecule has 0 heterocycles. The maximum atomic E-state index is 13.7. The molecule has 0 atom stereocenters. The smallest absolute Gasteiger partial charge is 0.338 e. The van der Waals surface area contributed by atoms with Gasteiger partial charge in [-0.25, -0.2) is 17.6 Å². The van der Waals surface area contributed by atoms with Gasteiger partial charge in [0.1, 0.15) is 5.82 Å². The van der Waals surface area contributed by atoms with Crippen LogP contribution in [0.2, 0.25) is 0 Å². The zero-order valence-corrected chi connectivity index (χ0v) is 13.2. The first-order valence-electron chi connectivity index (χ1n) is 6.71. The van der Waals surface area contributed by atoms with E-state index in [0.717, 1.165) is 19.2 Å². The number of carboxylic acids is 1. The molecule has 0 aliphatic carbocycles. The van der Waals surface area contributed by atoms with Crippen molar-refractivity contribution in [3.05, 3.63) is 29.1 Å². The number of benzene rings is 1. The summed E-state index contributed by atoms with van der Waals surface area (Å²) in [5.41, 5.74) is -0.604. The first-order chi connectivity index (χ1) is 9.72. The van der Waals surface area contributed by atoms with E-state index in [9.17, 15) is 17.6 Å². The van der Waals surface area contributed by atoms with Gasteiger partial charge in [-0.05, 0) is 37.7 Å². The molecular weight excluding hydrogens is 297 g/mol. The highest BCUT2D eigenvalue weighted by molar-refractivity contribution is 7.91. The van der Waals surface area contributed by atoms with Crippen molar-refractivity contribution in [2.24, 2.45) is 0 Å². The fraction of sp³-hybridized carbons (Fsp3) is 0.500. The molecule has 0 saturated carbocycles. The van der Waals surface area contributed by atoms with Crippen molar-refractivity contribution < 1.29 is 22.7 Å². The molecule has 0 saturated heterocycles. The van der Waals surface area contributed by atoms with Crippen molar-refractivity contribution in [3.63, 3.8) is 0 Å². The van der Waals surface area contributed by atoms with Gasteiger partial charge < -0.3 is 10.0 Å². The molecule has 1 aromatic rings. The molecule has 7 heteroatoms. The fourth-order valence-electron chi connectivity index (χ4n) is 1.98. The van der Waals surface area contributed by atoms with Gasteiger partial charge in [-0.3, -0.25) is 0 Å². The number of halogens is 1. The molecule has 1 aromatic carbocycles. The second-order valence-corrected chi connectivity index (χ2v) is 6.86. The van der Waals surface area contributed by atoms with Crippen LogP contribution in [0.25, 0.3) is 0 Å². The van der Waals surface area contributed by atoms with Gasteiger partial charge in [-0.15, -0.1) is 0 Å². The summed E-state index contributed by atoms with van der Waals surface area (Å²) in [6.07, 6.45) is 0. The van der Waals surface area contributed by atoms with Crippen molar-refractivity contribution in [1.82, 2.24) is 4.90 Å². The van der Waals surface area contributed by atoms with E-state index in [2.05, 4.69) is 0 Å². The van der Waals surface area contributed by atoms with E-state index in [-0.39, 0.29) is 16.2 Å². The number of sulfone groups is 1. The highest BCUT2D eigenvalue weighted by atomic mass is 32.2. The summed E-state index contributed by atoms with van der Waals surface area (Å²) in [5.74, 6) is -2.50. The summed E-state index contributed by atoms with van der Waals surface area (Å²) in [4.78, 5) is 12.8. The molecule has 1 N–H and O–H groups in total. The molecule has 1 rings (SSSR count). The summed E-state index contributed by atoms with van der Waals surface area (Å²) in [5, 5.41) is 8.93. The Morgan fingerprint density at radius 2 is 1.86 bits per heavy atom. The minimum atomic E-state index is -3.64. The predicted molar refractivity (Wildman–Crippen MR) is 77.9 cm³/mol. The van der Waals surface area contributed by atoms with Crippen molar-refractivity contribution in [3.8, 4) is 0 Å². The monoisotopic (exact) mass is 317 g/mol. The normalized spacial score (nSPS) is 11.9. The topological polar surface area (TPSA) is 74.7 Å². The number of hydrogen-bond acceptors (Lipinski definition) is 4. The van der Waals surface area contributed by atoms with Gasteiger partial charge in [-0.1, -0.05) is 13.8 Å². The molecule has 0 unspecified atom stereocenters. The summed E-state index contributed by atoms with van der Waals surface area (Å²) in [7, 11) is -3.64. The summed E-state index contributed by atoms with van der Waals surface area (Å²) in [6.45, 7) is 7.03. The molecule has 21 heavy (non-hydrogen) atoms. The van der Waals surface area contributed by atoms with Crippen LogP contribution >= 0.6 is 0 Å². The maximum absolute atomic E-state index is 13.7. The van der Waals surface area contributed by atoms with Gasteiger partial charge in [0.05, 0.1) is 16.2 Å². The Balaban J connectivity index is 3.12. The third-order valence-electron chi connectivity index (χ3n) is 3.39. The van der Waals surface area contributed by atoms with Gasteiger partial charge in [0.25, 0.3) is 0 Å². The third-order valence-corrected chi connectivity index (χ3v) is 5.06. The number of rotatable bonds is 7. The van der Waals surface area contributed by atoms with Crippen LogP contribution in [-0.2, 0) is 9.84 Å².